The molecule has 1 aromatic carbocycles. The molecule has 0 bridgehead atoms. The minimum atomic E-state index is -0.830. The van der Waals surface area contributed by atoms with Crippen LogP contribution in [0.2, 0.25) is 5.02 Å². The fourth-order valence-electron chi connectivity index (χ4n) is 4.46. The lowest BCUT2D eigenvalue weighted by atomic mass is 9.87. The topological polar surface area (TPSA) is 55.2 Å². The molecule has 3 rings (SSSR count). The fraction of sp³-hybridized carbons (Fsp3) is 0.560. The first-order chi connectivity index (χ1) is 15.5. The van der Waals surface area contributed by atoms with Crippen molar-refractivity contribution in [2.24, 2.45) is 11.3 Å². The molecule has 1 saturated carbocycles. The van der Waals surface area contributed by atoms with Crippen LogP contribution in [0.25, 0.3) is 0 Å². The third-order valence-corrected chi connectivity index (χ3v) is 6.43. The number of carbonyl (C=O) groups excluding carboxylic acids is 2. The van der Waals surface area contributed by atoms with Crippen molar-refractivity contribution < 1.29 is 18.4 Å². The van der Waals surface area contributed by atoms with Gasteiger partial charge in [0.15, 0.2) is 5.78 Å². The number of hydrogen-bond acceptors (Lipinski definition) is 3. The van der Waals surface area contributed by atoms with Crippen LogP contribution in [0.5, 0.6) is 0 Å². The van der Waals surface area contributed by atoms with Crippen LogP contribution >= 0.6 is 11.6 Å². The third kappa shape index (κ3) is 5.99. The van der Waals surface area contributed by atoms with E-state index in [1.54, 1.807) is 4.68 Å². The Kier molecular flexibility index (Phi) is 7.93. The number of carbonyl (C=O) groups is 2. The van der Waals surface area contributed by atoms with Crippen molar-refractivity contribution in [2.75, 3.05) is 13.1 Å². The van der Waals surface area contributed by atoms with Gasteiger partial charge in [-0.25, -0.2) is 8.78 Å². The average Bonchev–Trinajstić information content (AvgIpc) is 3.16. The molecule has 180 valence electrons. The molecule has 1 aliphatic carbocycles. The number of Topliss-reactive ketones (excluding diaryl/α,β-unsaturated/α-hetero) is 1. The Morgan fingerprint density at radius 3 is 2.45 bits per heavy atom. The van der Waals surface area contributed by atoms with Crippen LogP contribution in [0.4, 0.5) is 8.78 Å². The van der Waals surface area contributed by atoms with Crippen LogP contribution in [-0.4, -0.2) is 39.5 Å². The first-order valence-electron chi connectivity index (χ1n) is 11.4. The maximum absolute atomic E-state index is 14.3. The summed E-state index contributed by atoms with van der Waals surface area (Å²) in [5.41, 5.74) is -0.216. The van der Waals surface area contributed by atoms with E-state index in [2.05, 4.69) is 12.0 Å². The van der Waals surface area contributed by atoms with Crippen LogP contribution in [-0.2, 0) is 6.67 Å². The summed E-state index contributed by atoms with van der Waals surface area (Å²) in [6, 6.07) is 4.07. The van der Waals surface area contributed by atoms with Crippen molar-refractivity contribution in [3.63, 3.8) is 0 Å². The minimum Gasteiger partial charge on any atom is -0.330 e. The van der Waals surface area contributed by atoms with E-state index in [0.29, 0.717) is 5.92 Å². The molecule has 0 aliphatic heterocycles. The number of alkyl halides is 1. The summed E-state index contributed by atoms with van der Waals surface area (Å²) >= 11 is 6.06. The maximum Gasteiger partial charge on any atom is 0.257 e. The zero-order chi connectivity index (χ0) is 24.3. The number of benzene rings is 1. The van der Waals surface area contributed by atoms with E-state index in [4.69, 9.17) is 11.6 Å². The molecule has 1 heterocycles. The molecule has 1 amide bonds. The fourth-order valence-corrected chi connectivity index (χ4v) is 4.73. The van der Waals surface area contributed by atoms with Crippen LogP contribution in [0, 0.1) is 17.2 Å². The number of hydrogen-bond donors (Lipinski definition) is 0. The molecule has 33 heavy (non-hydrogen) atoms. The Hall–Kier alpha value is -2.28. The van der Waals surface area contributed by atoms with Crippen LogP contribution in [0.3, 0.4) is 0 Å². The number of amides is 1. The van der Waals surface area contributed by atoms with Gasteiger partial charge in [-0.3, -0.25) is 14.3 Å². The molecule has 1 aliphatic rings. The molecule has 5 nitrogen and oxygen atoms in total. The molecule has 0 spiro atoms. The van der Waals surface area contributed by atoms with E-state index in [-0.39, 0.29) is 46.4 Å². The summed E-state index contributed by atoms with van der Waals surface area (Å²) in [5, 5.41) is 4.36. The third-order valence-electron chi connectivity index (χ3n) is 6.12. The number of ketones is 1. The van der Waals surface area contributed by atoms with Gasteiger partial charge in [-0.05, 0) is 49.1 Å². The van der Waals surface area contributed by atoms with Crippen molar-refractivity contribution in [1.82, 2.24) is 14.7 Å². The van der Waals surface area contributed by atoms with Gasteiger partial charge in [-0.2, -0.15) is 5.10 Å². The molecule has 0 N–H and O–H groups in total. The standard InChI is InChI=1S/C25H32ClF2N3O2/c1-16-8-10-17(11-9-16)31-21(12-27)18(13-29-31)24(33)30(15-25(2,3)4)14-22(32)23-19(26)6-5-7-20(23)28/h5-7,13,16-17H,8-12,14-15H2,1-4H3. The van der Waals surface area contributed by atoms with Gasteiger partial charge in [-0.1, -0.05) is 45.4 Å². The van der Waals surface area contributed by atoms with Crippen LogP contribution in [0.15, 0.2) is 24.4 Å². The predicted molar refractivity (Wildman–Crippen MR) is 125 cm³/mol. The largest absolute Gasteiger partial charge is 0.330 e. The minimum absolute atomic E-state index is 0.00745. The second-order valence-electron chi connectivity index (χ2n) is 10.2. The number of aromatic nitrogens is 2. The summed E-state index contributed by atoms with van der Waals surface area (Å²) in [6.45, 7) is 7.01. The van der Waals surface area contributed by atoms with E-state index in [0.717, 1.165) is 31.7 Å². The molecule has 1 fully saturated rings. The van der Waals surface area contributed by atoms with Crippen molar-refractivity contribution >= 4 is 23.3 Å². The summed E-state index contributed by atoms with van der Waals surface area (Å²) in [4.78, 5) is 27.8. The number of halogens is 3. The highest BCUT2D eigenvalue weighted by Gasteiger charge is 2.31. The van der Waals surface area contributed by atoms with E-state index >= 15 is 0 Å². The normalized spacial score (nSPS) is 18.9. The molecule has 0 atom stereocenters. The zero-order valence-corrected chi connectivity index (χ0v) is 20.5. The second-order valence-corrected chi connectivity index (χ2v) is 10.6. The van der Waals surface area contributed by atoms with Crippen LogP contribution < -0.4 is 0 Å². The molecule has 8 heteroatoms. The lowest BCUT2D eigenvalue weighted by Gasteiger charge is -2.30. The summed E-state index contributed by atoms with van der Waals surface area (Å²) in [5.74, 6) is -1.20. The van der Waals surface area contributed by atoms with E-state index in [9.17, 15) is 18.4 Å². The van der Waals surface area contributed by atoms with Gasteiger partial charge in [0.2, 0.25) is 0 Å². The molecule has 0 radical (unpaired) electrons. The van der Waals surface area contributed by atoms with Gasteiger partial charge in [0, 0.05) is 6.54 Å². The summed E-state index contributed by atoms with van der Waals surface area (Å²) < 4.78 is 30.1. The Morgan fingerprint density at radius 2 is 1.88 bits per heavy atom. The Morgan fingerprint density at radius 1 is 1.21 bits per heavy atom. The van der Waals surface area contributed by atoms with E-state index in [1.165, 1.54) is 23.2 Å². The van der Waals surface area contributed by atoms with Crippen molar-refractivity contribution in [1.29, 1.82) is 0 Å². The monoisotopic (exact) mass is 479 g/mol. The van der Waals surface area contributed by atoms with Gasteiger partial charge in [0.1, 0.15) is 12.5 Å². The van der Waals surface area contributed by atoms with Crippen molar-refractivity contribution in [3.05, 3.63) is 52.1 Å². The lowest BCUT2D eigenvalue weighted by Crippen LogP contribution is -2.41. The molecule has 0 saturated heterocycles. The number of nitrogens with zero attached hydrogens (tertiary/aromatic N) is 3. The molecule has 1 aromatic heterocycles. The van der Waals surface area contributed by atoms with Crippen LogP contribution in [0.1, 0.15) is 85.8 Å². The lowest BCUT2D eigenvalue weighted by molar-refractivity contribution is 0.0651. The first-order valence-corrected chi connectivity index (χ1v) is 11.8. The van der Waals surface area contributed by atoms with Crippen molar-refractivity contribution in [2.45, 2.75) is 66.1 Å². The van der Waals surface area contributed by atoms with E-state index < -0.39 is 24.2 Å². The predicted octanol–water partition coefficient (Wildman–Crippen LogP) is 6.27. The highest BCUT2D eigenvalue weighted by Crippen LogP contribution is 2.33. The average molecular weight is 480 g/mol. The molecular weight excluding hydrogens is 448 g/mol. The SMILES string of the molecule is CC1CCC(n2ncc(C(=O)N(CC(=O)c3c(F)cccc3Cl)CC(C)(C)C)c2CF)CC1. The smallest absolute Gasteiger partial charge is 0.257 e. The second kappa shape index (κ2) is 10.3. The Balaban J connectivity index is 1.90. The highest BCUT2D eigenvalue weighted by molar-refractivity contribution is 6.34. The number of rotatable bonds is 7. The summed E-state index contributed by atoms with van der Waals surface area (Å²) in [6.07, 6.45) is 5.24. The van der Waals surface area contributed by atoms with E-state index in [1.807, 2.05) is 20.8 Å². The van der Waals surface area contributed by atoms with Gasteiger partial charge >= 0.3 is 0 Å². The quantitative estimate of drug-likeness (QED) is 0.440. The summed E-state index contributed by atoms with van der Waals surface area (Å²) in [7, 11) is 0. The van der Waals surface area contributed by atoms with Crippen molar-refractivity contribution in [3.8, 4) is 0 Å². The molecule has 2 aromatic rings. The van der Waals surface area contributed by atoms with Gasteiger partial charge in [0.05, 0.1) is 40.6 Å². The molecule has 0 unspecified atom stereocenters. The van der Waals surface area contributed by atoms with Gasteiger partial charge < -0.3 is 4.90 Å². The van der Waals surface area contributed by atoms with Gasteiger partial charge in [-0.15, -0.1) is 0 Å². The molecular formula is C25H32ClF2N3O2. The Bertz CT molecular complexity index is 987. The van der Waals surface area contributed by atoms with Gasteiger partial charge in [0.25, 0.3) is 5.91 Å². The highest BCUT2D eigenvalue weighted by atomic mass is 35.5. The maximum atomic E-state index is 14.3. The first kappa shape index (κ1) is 25.3. The Labute approximate surface area is 199 Å². The zero-order valence-electron chi connectivity index (χ0n) is 19.7.